The Balaban J connectivity index is 0.00000364. The largest absolute Gasteiger partial charge is 0.387 e. The Hall–Kier alpha value is -1.06. The van der Waals surface area contributed by atoms with Crippen LogP contribution in [0.15, 0.2) is 54.6 Å². The molecule has 2 aromatic rings. The van der Waals surface area contributed by atoms with Crippen LogP contribution in [0, 0.1) is 0 Å². The van der Waals surface area contributed by atoms with Crippen molar-refractivity contribution in [2.24, 2.45) is 0 Å². The summed E-state index contributed by atoms with van der Waals surface area (Å²) in [5.74, 6) is 0. The van der Waals surface area contributed by atoms with Crippen LogP contribution in [0.2, 0.25) is 5.02 Å². The van der Waals surface area contributed by atoms with Gasteiger partial charge in [-0.2, -0.15) is 0 Å². The minimum Gasteiger partial charge on any atom is -0.387 e. The highest BCUT2D eigenvalue weighted by Gasteiger charge is 2.14. The number of hydrogen-bond donors (Lipinski definition) is 1. The van der Waals surface area contributed by atoms with Gasteiger partial charge in [0.05, 0.1) is 6.10 Å². The summed E-state index contributed by atoms with van der Waals surface area (Å²) < 4.78 is 0. The molecule has 27 heavy (non-hydrogen) atoms. The smallest absolute Gasteiger partial charge is 0.0917 e. The van der Waals surface area contributed by atoms with Gasteiger partial charge in [-0.05, 0) is 36.2 Å². The van der Waals surface area contributed by atoms with E-state index in [0.29, 0.717) is 11.6 Å². The molecule has 0 aliphatic rings. The summed E-state index contributed by atoms with van der Waals surface area (Å²) in [4.78, 5) is 2.37. The van der Waals surface area contributed by atoms with Crippen molar-refractivity contribution in [3.8, 4) is 0 Å². The second-order valence-electron chi connectivity index (χ2n) is 7.06. The number of unbranched alkanes of at least 4 members (excludes halogenated alkanes) is 5. The Morgan fingerprint density at radius 2 is 1.52 bits per heavy atom. The molecule has 0 bridgehead atoms. The fourth-order valence-corrected chi connectivity index (χ4v) is 3.35. The van der Waals surface area contributed by atoms with Crippen molar-refractivity contribution in [2.45, 2.75) is 58.1 Å². The maximum absolute atomic E-state index is 10.6. The molecular formula is C23H33Cl2NO. The van der Waals surface area contributed by atoms with E-state index in [4.69, 9.17) is 11.6 Å². The summed E-state index contributed by atoms with van der Waals surface area (Å²) in [6.07, 6.45) is 7.23. The first kappa shape index (κ1) is 24.0. The fraction of sp³-hybridized carbons (Fsp3) is 0.478. The lowest BCUT2D eigenvalue weighted by atomic mass is 10.1. The molecule has 0 aliphatic heterocycles. The lowest BCUT2D eigenvalue weighted by Crippen LogP contribution is -2.29. The minimum atomic E-state index is -0.490. The van der Waals surface area contributed by atoms with Crippen LogP contribution in [0.4, 0.5) is 0 Å². The highest BCUT2D eigenvalue weighted by molar-refractivity contribution is 6.30. The molecule has 0 saturated heterocycles. The van der Waals surface area contributed by atoms with Crippen LogP contribution in [-0.4, -0.2) is 23.1 Å². The minimum absolute atomic E-state index is 0. The second kappa shape index (κ2) is 14.0. The van der Waals surface area contributed by atoms with E-state index in [0.717, 1.165) is 18.7 Å². The van der Waals surface area contributed by atoms with Crippen molar-refractivity contribution in [1.82, 2.24) is 4.90 Å². The van der Waals surface area contributed by atoms with Crippen LogP contribution >= 0.6 is 24.0 Å². The average Bonchev–Trinajstić information content (AvgIpc) is 2.65. The van der Waals surface area contributed by atoms with E-state index < -0.39 is 6.10 Å². The summed E-state index contributed by atoms with van der Waals surface area (Å²) in [5, 5.41) is 11.4. The normalized spacial score (nSPS) is 12.0. The number of aliphatic hydroxyl groups is 1. The summed E-state index contributed by atoms with van der Waals surface area (Å²) >= 11 is 5.96. The summed E-state index contributed by atoms with van der Waals surface area (Å²) in [6.45, 7) is 4.79. The standard InChI is InChI=1S/C23H32ClNO.ClH/c1-2-3-4-5-6-10-17-25(18-20-11-8-7-9-12-20)19-23(26)21-13-15-22(24)16-14-21;/h7-9,11-16,23,26H,2-6,10,17-19H2,1H3;1H. The predicted molar refractivity (Wildman–Crippen MR) is 119 cm³/mol. The molecule has 0 radical (unpaired) electrons. The van der Waals surface area contributed by atoms with Crippen LogP contribution in [0.25, 0.3) is 0 Å². The molecule has 0 amide bonds. The van der Waals surface area contributed by atoms with E-state index in [2.05, 4.69) is 36.1 Å². The molecule has 4 heteroatoms. The van der Waals surface area contributed by atoms with Gasteiger partial charge >= 0.3 is 0 Å². The van der Waals surface area contributed by atoms with Gasteiger partial charge in [0.25, 0.3) is 0 Å². The third kappa shape index (κ3) is 9.62. The quantitative estimate of drug-likeness (QED) is 0.396. The monoisotopic (exact) mass is 409 g/mol. The van der Waals surface area contributed by atoms with Crippen molar-refractivity contribution >= 4 is 24.0 Å². The number of rotatable bonds is 12. The third-order valence-electron chi connectivity index (χ3n) is 4.76. The summed E-state index contributed by atoms with van der Waals surface area (Å²) in [5.41, 5.74) is 2.22. The molecule has 1 unspecified atom stereocenters. The van der Waals surface area contributed by atoms with Crippen LogP contribution in [0.1, 0.15) is 62.7 Å². The SMILES string of the molecule is CCCCCCCCN(Cc1ccccc1)CC(O)c1ccc(Cl)cc1.Cl. The van der Waals surface area contributed by atoms with E-state index in [1.54, 1.807) is 0 Å². The highest BCUT2D eigenvalue weighted by atomic mass is 35.5. The van der Waals surface area contributed by atoms with E-state index >= 15 is 0 Å². The molecule has 0 heterocycles. The third-order valence-corrected chi connectivity index (χ3v) is 5.01. The molecule has 1 N–H and O–H groups in total. The zero-order valence-electron chi connectivity index (χ0n) is 16.3. The molecule has 0 aromatic heterocycles. The Labute approximate surface area is 176 Å². The Bertz CT molecular complexity index is 604. The van der Waals surface area contributed by atoms with Crippen LogP contribution in [-0.2, 0) is 6.54 Å². The fourth-order valence-electron chi connectivity index (χ4n) is 3.23. The summed E-state index contributed by atoms with van der Waals surface area (Å²) in [6, 6.07) is 18.0. The average molecular weight is 410 g/mol. The van der Waals surface area contributed by atoms with Crippen LogP contribution in [0.5, 0.6) is 0 Å². The van der Waals surface area contributed by atoms with Gasteiger partial charge in [0, 0.05) is 18.1 Å². The van der Waals surface area contributed by atoms with Crippen molar-refractivity contribution in [3.63, 3.8) is 0 Å². The van der Waals surface area contributed by atoms with Gasteiger partial charge in [0.15, 0.2) is 0 Å². The molecule has 1 atom stereocenters. The van der Waals surface area contributed by atoms with Crippen molar-refractivity contribution in [2.75, 3.05) is 13.1 Å². The molecule has 0 saturated carbocycles. The first-order valence-electron chi connectivity index (χ1n) is 9.89. The van der Waals surface area contributed by atoms with E-state index in [-0.39, 0.29) is 12.4 Å². The number of benzene rings is 2. The zero-order valence-corrected chi connectivity index (χ0v) is 17.9. The van der Waals surface area contributed by atoms with E-state index in [1.807, 2.05) is 30.3 Å². The maximum atomic E-state index is 10.6. The van der Waals surface area contributed by atoms with Crippen LogP contribution in [0.3, 0.4) is 0 Å². The maximum Gasteiger partial charge on any atom is 0.0917 e. The molecular weight excluding hydrogens is 377 g/mol. The van der Waals surface area contributed by atoms with Gasteiger partial charge in [0.1, 0.15) is 0 Å². The molecule has 2 rings (SSSR count). The number of nitrogens with zero attached hydrogens (tertiary/aromatic N) is 1. The molecule has 0 fully saturated rings. The second-order valence-corrected chi connectivity index (χ2v) is 7.49. The zero-order chi connectivity index (χ0) is 18.6. The number of hydrogen-bond acceptors (Lipinski definition) is 2. The molecule has 0 aliphatic carbocycles. The van der Waals surface area contributed by atoms with Crippen molar-refractivity contribution in [3.05, 3.63) is 70.7 Å². The van der Waals surface area contributed by atoms with Gasteiger partial charge in [0.2, 0.25) is 0 Å². The van der Waals surface area contributed by atoms with Gasteiger partial charge in [-0.3, -0.25) is 4.90 Å². The van der Waals surface area contributed by atoms with E-state index in [9.17, 15) is 5.11 Å². The Morgan fingerprint density at radius 3 is 2.19 bits per heavy atom. The highest BCUT2D eigenvalue weighted by Crippen LogP contribution is 2.19. The van der Waals surface area contributed by atoms with Gasteiger partial charge in [-0.1, -0.05) is 93.1 Å². The lowest BCUT2D eigenvalue weighted by molar-refractivity contribution is 0.108. The van der Waals surface area contributed by atoms with Crippen molar-refractivity contribution < 1.29 is 5.11 Å². The molecule has 0 spiro atoms. The molecule has 2 aromatic carbocycles. The van der Waals surface area contributed by atoms with Gasteiger partial charge in [-0.25, -0.2) is 0 Å². The van der Waals surface area contributed by atoms with Gasteiger partial charge in [-0.15, -0.1) is 12.4 Å². The lowest BCUT2D eigenvalue weighted by Gasteiger charge is -2.25. The Kier molecular flexibility index (Phi) is 12.4. The number of halogens is 2. The van der Waals surface area contributed by atoms with Gasteiger partial charge < -0.3 is 5.11 Å². The van der Waals surface area contributed by atoms with Crippen molar-refractivity contribution in [1.29, 1.82) is 0 Å². The number of aliphatic hydroxyl groups excluding tert-OH is 1. The molecule has 150 valence electrons. The first-order chi connectivity index (χ1) is 12.7. The van der Waals surface area contributed by atoms with E-state index in [1.165, 1.54) is 44.1 Å². The van der Waals surface area contributed by atoms with Crippen LogP contribution < -0.4 is 0 Å². The molecule has 2 nitrogen and oxygen atoms in total. The summed E-state index contributed by atoms with van der Waals surface area (Å²) in [7, 11) is 0. The first-order valence-corrected chi connectivity index (χ1v) is 10.3. The predicted octanol–water partition coefficient (Wildman–Crippen LogP) is 6.66. The Morgan fingerprint density at radius 1 is 0.889 bits per heavy atom. The topological polar surface area (TPSA) is 23.5 Å².